The summed E-state index contributed by atoms with van der Waals surface area (Å²) in [6.07, 6.45) is 5.16. The fourth-order valence-corrected chi connectivity index (χ4v) is 1.35. The number of nitrogens with one attached hydrogen (secondary N) is 2. The van der Waals surface area contributed by atoms with Crippen LogP contribution in [0.5, 0.6) is 0 Å². The molecular weight excluding hydrogens is 204 g/mol. The molecule has 0 unspecified atom stereocenters. The predicted molar refractivity (Wildman–Crippen MR) is 63.3 cm³/mol. The van der Waals surface area contributed by atoms with Gasteiger partial charge < -0.3 is 15.0 Å². The number of hydrogen-bond donors (Lipinski definition) is 2. The van der Waals surface area contributed by atoms with E-state index in [1.54, 1.807) is 6.07 Å². The van der Waals surface area contributed by atoms with Crippen molar-refractivity contribution in [3.05, 3.63) is 35.7 Å². The molecule has 1 rings (SSSR count). The van der Waals surface area contributed by atoms with Crippen LogP contribution >= 0.6 is 0 Å². The van der Waals surface area contributed by atoms with Crippen molar-refractivity contribution in [2.75, 3.05) is 13.7 Å². The van der Waals surface area contributed by atoms with Crippen molar-refractivity contribution in [3.63, 3.8) is 0 Å². The lowest BCUT2D eigenvalue weighted by Crippen LogP contribution is -2.14. The van der Waals surface area contributed by atoms with Gasteiger partial charge in [-0.15, -0.1) is 0 Å². The van der Waals surface area contributed by atoms with Gasteiger partial charge in [0.25, 0.3) is 0 Å². The molecule has 4 nitrogen and oxygen atoms in total. The number of carbonyl (C=O) groups excluding carboxylic acids is 1. The van der Waals surface area contributed by atoms with Crippen molar-refractivity contribution < 1.29 is 9.53 Å². The second-order valence-electron chi connectivity index (χ2n) is 3.42. The Hall–Kier alpha value is -1.55. The smallest absolute Gasteiger partial charge is 0.354 e. The summed E-state index contributed by atoms with van der Waals surface area (Å²) in [5.74, 6) is -0.333. The second kappa shape index (κ2) is 6.85. The van der Waals surface area contributed by atoms with Gasteiger partial charge in [0.2, 0.25) is 0 Å². The lowest BCUT2D eigenvalue weighted by molar-refractivity contribution is 0.0594. The summed E-state index contributed by atoms with van der Waals surface area (Å²) < 4.78 is 4.61. The van der Waals surface area contributed by atoms with Crippen molar-refractivity contribution in [2.24, 2.45) is 0 Å². The van der Waals surface area contributed by atoms with Crippen LogP contribution in [0, 0.1) is 0 Å². The van der Waals surface area contributed by atoms with E-state index in [-0.39, 0.29) is 5.97 Å². The highest BCUT2D eigenvalue weighted by molar-refractivity contribution is 5.87. The minimum absolute atomic E-state index is 0.333. The molecule has 0 aliphatic rings. The number of methoxy groups -OCH3 is 1. The normalized spacial score (nSPS) is 10.9. The quantitative estimate of drug-likeness (QED) is 0.439. The van der Waals surface area contributed by atoms with Crippen molar-refractivity contribution in [1.29, 1.82) is 0 Å². The van der Waals surface area contributed by atoms with Gasteiger partial charge in [-0.2, -0.15) is 0 Å². The number of allylic oxidation sites excluding steroid dienone is 1. The zero-order valence-electron chi connectivity index (χ0n) is 9.75. The molecule has 0 saturated heterocycles. The highest BCUT2D eigenvalue weighted by Gasteiger charge is 2.06. The van der Waals surface area contributed by atoms with Crippen LogP contribution in [0.1, 0.15) is 29.5 Å². The van der Waals surface area contributed by atoms with Gasteiger partial charge in [0.15, 0.2) is 0 Å². The van der Waals surface area contributed by atoms with Crippen LogP contribution in [0.2, 0.25) is 0 Å². The molecule has 0 atom stereocenters. The molecule has 0 radical (unpaired) electrons. The molecule has 0 aliphatic heterocycles. The van der Waals surface area contributed by atoms with Crippen LogP contribution in [-0.2, 0) is 11.3 Å². The monoisotopic (exact) mass is 222 g/mol. The number of rotatable bonds is 6. The zero-order valence-corrected chi connectivity index (χ0v) is 9.75. The first-order valence-electron chi connectivity index (χ1n) is 5.36. The second-order valence-corrected chi connectivity index (χ2v) is 3.42. The minimum atomic E-state index is -0.333. The number of carbonyl (C=O) groups is 1. The molecular formula is C12H18N2O2. The Morgan fingerprint density at radius 2 is 2.38 bits per heavy atom. The van der Waals surface area contributed by atoms with Gasteiger partial charge in [0.05, 0.1) is 7.11 Å². The fraction of sp³-hybridized carbons (Fsp3) is 0.417. The molecule has 4 heteroatoms. The van der Waals surface area contributed by atoms with E-state index in [0.717, 1.165) is 25.2 Å². The van der Waals surface area contributed by atoms with Crippen LogP contribution in [-0.4, -0.2) is 24.6 Å². The van der Waals surface area contributed by atoms with Crippen LogP contribution in [0.4, 0.5) is 0 Å². The third-order valence-corrected chi connectivity index (χ3v) is 2.19. The third-order valence-electron chi connectivity index (χ3n) is 2.19. The first kappa shape index (κ1) is 12.5. The first-order valence-corrected chi connectivity index (χ1v) is 5.36. The van der Waals surface area contributed by atoms with E-state index in [1.807, 2.05) is 19.1 Å². The van der Waals surface area contributed by atoms with E-state index in [0.29, 0.717) is 5.69 Å². The molecule has 2 N–H and O–H groups in total. The molecule has 1 aromatic rings. The molecule has 0 aromatic carbocycles. The molecule has 88 valence electrons. The Bertz CT molecular complexity index is 356. The molecule has 1 aromatic heterocycles. The minimum Gasteiger partial charge on any atom is -0.464 e. The SMILES string of the molecule is C/C=C/CCNCc1ccc(C(=O)OC)[nH]1. The predicted octanol–water partition coefficient (Wildman–Crippen LogP) is 1.86. The van der Waals surface area contributed by atoms with Crippen molar-refractivity contribution in [2.45, 2.75) is 19.9 Å². The van der Waals surface area contributed by atoms with E-state index < -0.39 is 0 Å². The summed E-state index contributed by atoms with van der Waals surface area (Å²) in [6.45, 7) is 3.67. The fourth-order valence-electron chi connectivity index (χ4n) is 1.35. The Labute approximate surface area is 95.7 Å². The summed E-state index contributed by atoms with van der Waals surface area (Å²) in [5.41, 5.74) is 1.48. The number of aromatic nitrogens is 1. The zero-order chi connectivity index (χ0) is 11.8. The van der Waals surface area contributed by atoms with Gasteiger partial charge in [0, 0.05) is 12.2 Å². The maximum absolute atomic E-state index is 11.2. The molecule has 0 fully saturated rings. The van der Waals surface area contributed by atoms with Crippen molar-refractivity contribution in [1.82, 2.24) is 10.3 Å². The average molecular weight is 222 g/mol. The van der Waals surface area contributed by atoms with Crippen molar-refractivity contribution in [3.8, 4) is 0 Å². The maximum atomic E-state index is 11.2. The van der Waals surface area contributed by atoms with E-state index in [9.17, 15) is 4.79 Å². The van der Waals surface area contributed by atoms with Gasteiger partial charge in [-0.05, 0) is 32.0 Å². The standard InChI is InChI=1S/C12H18N2O2/c1-3-4-5-8-13-9-10-6-7-11(14-10)12(15)16-2/h3-4,6-7,13-14H,5,8-9H2,1-2H3/b4-3+. The van der Waals surface area contributed by atoms with E-state index in [4.69, 9.17) is 0 Å². The number of ether oxygens (including phenoxy) is 1. The Balaban J connectivity index is 2.32. The van der Waals surface area contributed by atoms with Gasteiger partial charge in [0.1, 0.15) is 5.69 Å². The van der Waals surface area contributed by atoms with Gasteiger partial charge in [-0.25, -0.2) is 4.79 Å². The number of esters is 1. The third kappa shape index (κ3) is 3.90. The topological polar surface area (TPSA) is 54.1 Å². The Morgan fingerprint density at radius 3 is 3.06 bits per heavy atom. The molecule has 0 saturated carbocycles. The highest BCUT2D eigenvalue weighted by atomic mass is 16.5. The molecule has 0 spiro atoms. The summed E-state index contributed by atoms with van der Waals surface area (Å²) in [6, 6.07) is 3.61. The lowest BCUT2D eigenvalue weighted by atomic mass is 10.3. The average Bonchev–Trinajstić information content (AvgIpc) is 2.76. The van der Waals surface area contributed by atoms with Crippen LogP contribution < -0.4 is 5.32 Å². The maximum Gasteiger partial charge on any atom is 0.354 e. The lowest BCUT2D eigenvalue weighted by Gasteiger charge is -2.00. The van der Waals surface area contributed by atoms with Crippen LogP contribution in [0.25, 0.3) is 0 Å². The largest absolute Gasteiger partial charge is 0.464 e. The molecule has 1 heterocycles. The number of hydrogen-bond acceptors (Lipinski definition) is 3. The summed E-state index contributed by atoms with van der Waals surface area (Å²) in [7, 11) is 1.37. The number of H-pyrrole nitrogens is 1. The van der Waals surface area contributed by atoms with Gasteiger partial charge >= 0.3 is 5.97 Å². The van der Waals surface area contributed by atoms with E-state index >= 15 is 0 Å². The molecule has 16 heavy (non-hydrogen) atoms. The Morgan fingerprint density at radius 1 is 1.56 bits per heavy atom. The summed E-state index contributed by atoms with van der Waals surface area (Å²) in [4.78, 5) is 14.2. The molecule has 0 amide bonds. The Kier molecular flexibility index (Phi) is 5.36. The van der Waals surface area contributed by atoms with E-state index in [1.165, 1.54) is 7.11 Å². The molecule has 0 bridgehead atoms. The number of aromatic amines is 1. The van der Waals surface area contributed by atoms with Gasteiger partial charge in [-0.1, -0.05) is 12.2 Å². The highest BCUT2D eigenvalue weighted by Crippen LogP contribution is 2.02. The van der Waals surface area contributed by atoms with Crippen LogP contribution in [0.15, 0.2) is 24.3 Å². The van der Waals surface area contributed by atoms with Crippen molar-refractivity contribution >= 4 is 5.97 Å². The first-order chi connectivity index (χ1) is 7.77. The molecule has 0 aliphatic carbocycles. The van der Waals surface area contributed by atoms with E-state index in [2.05, 4.69) is 21.1 Å². The van der Waals surface area contributed by atoms with Gasteiger partial charge in [-0.3, -0.25) is 0 Å². The summed E-state index contributed by atoms with van der Waals surface area (Å²) >= 11 is 0. The van der Waals surface area contributed by atoms with Crippen LogP contribution in [0.3, 0.4) is 0 Å². The summed E-state index contributed by atoms with van der Waals surface area (Å²) in [5, 5.41) is 3.27.